The minimum absolute atomic E-state index is 0.0481. The van der Waals surface area contributed by atoms with Gasteiger partial charge in [0.2, 0.25) is 0 Å². The van der Waals surface area contributed by atoms with Gasteiger partial charge in [0, 0.05) is 31.2 Å². The highest BCUT2D eigenvalue weighted by Crippen LogP contribution is 2.24. The van der Waals surface area contributed by atoms with Crippen molar-refractivity contribution in [2.75, 3.05) is 26.2 Å². The monoisotopic (exact) mass is 404 g/mol. The van der Waals surface area contributed by atoms with Crippen LogP contribution in [0.1, 0.15) is 24.2 Å². The van der Waals surface area contributed by atoms with Gasteiger partial charge in [0.05, 0.1) is 5.56 Å². The third-order valence-electron chi connectivity index (χ3n) is 4.64. The van der Waals surface area contributed by atoms with Crippen LogP contribution < -0.4 is 4.74 Å². The van der Waals surface area contributed by atoms with Gasteiger partial charge >= 0.3 is 0 Å². The number of nitrogens with zero attached hydrogens (tertiary/aromatic N) is 2. The number of hydrogen-bond acceptors (Lipinski definition) is 3. The molecular weight excluding hydrogens is 383 g/mol. The molecule has 0 N–H and O–H groups in total. The van der Waals surface area contributed by atoms with Crippen LogP contribution in [0.5, 0.6) is 5.75 Å². The van der Waals surface area contributed by atoms with E-state index in [4.69, 9.17) is 16.3 Å². The Bertz CT molecular complexity index is 879. The molecule has 3 rings (SSSR count). The molecule has 1 fully saturated rings. The number of halogens is 2. The molecule has 28 heavy (non-hydrogen) atoms. The molecule has 5 nitrogen and oxygen atoms in total. The summed E-state index contributed by atoms with van der Waals surface area (Å²) in [5.74, 6) is -0.564. The molecular formula is C21H22ClFN2O3. The molecule has 0 radical (unpaired) electrons. The van der Waals surface area contributed by atoms with E-state index in [1.54, 1.807) is 60.0 Å². The Hall–Kier alpha value is -2.60. The number of rotatable bonds is 4. The van der Waals surface area contributed by atoms with E-state index in [1.807, 2.05) is 0 Å². The SMILES string of the molecule is CC(C)(Oc1cccc(Cl)c1)C(=O)N1CCN(C(=O)c2ccccc2F)CC1. The fraction of sp³-hybridized carbons (Fsp3) is 0.333. The van der Waals surface area contributed by atoms with Crippen LogP contribution in [0.4, 0.5) is 4.39 Å². The van der Waals surface area contributed by atoms with Crippen LogP contribution in [0, 0.1) is 5.82 Å². The number of benzene rings is 2. The van der Waals surface area contributed by atoms with Gasteiger partial charge in [-0.3, -0.25) is 9.59 Å². The van der Waals surface area contributed by atoms with Gasteiger partial charge in [-0.2, -0.15) is 0 Å². The van der Waals surface area contributed by atoms with Crippen LogP contribution in [0.2, 0.25) is 5.02 Å². The molecule has 0 aromatic heterocycles. The predicted molar refractivity (Wildman–Crippen MR) is 105 cm³/mol. The van der Waals surface area contributed by atoms with Crippen LogP contribution in [0.3, 0.4) is 0 Å². The van der Waals surface area contributed by atoms with Gasteiger partial charge in [-0.05, 0) is 44.2 Å². The van der Waals surface area contributed by atoms with E-state index < -0.39 is 11.4 Å². The van der Waals surface area contributed by atoms with Gasteiger partial charge < -0.3 is 14.5 Å². The topological polar surface area (TPSA) is 49.9 Å². The van der Waals surface area contributed by atoms with Gasteiger partial charge in [0.1, 0.15) is 11.6 Å². The molecule has 1 aliphatic heterocycles. The highest BCUT2D eigenvalue weighted by Gasteiger charge is 2.36. The van der Waals surface area contributed by atoms with Crippen molar-refractivity contribution in [2.24, 2.45) is 0 Å². The Morgan fingerprint density at radius 1 is 1.00 bits per heavy atom. The van der Waals surface area contributed by atoms with Gasteiger partial charge in [0.25, 0.3) is 11.8 Å². The van der Waals surface area contributed by atoms with Gasteiger partial charge in [-0.1, -0.05) is 29.8 Å². The number of carbonyl (C=O) groups excluding carboxylic acids is 2. The highest BCUT2D eigenvalue weighted by molar-refractivity contribution is 6.30. The highest BCUT2D eigenvalue weighted by atomic mass is 35.5. The number of hydrogen-bond donors (Lipinski definition) is 0. The van der Waals surface area contributed by atoms with Crippen LogP contribution in [0.15, 0.2) is 48.5 Å². The summed E-state index contributed by atoms with van der Waals surface area (Å²) in [6.07, 6.45) is 0. The van der Waals surface area contributed by atoms with Crippen molar-refractivity contribution in [3.8, 4) is 5.75 Å². The van der Waals surface area contributed by atoms with E-state index >= 15 is 0 Å². The zero-order valence-electron chi connectivity index (χ0n) is 15.8. The van der Waals surface area contributed by atoms with Crippen molar-refractivity contribution in [3.05, 3.63) is 64.9 Å². The number of piperazine rings is 1. The number of amides is 2. The first-order valence-corrected chi connectivity index (χ1v) is 9.43. The van der Waals surface area contributed by atoms with E-state index in [1.165, 1.54) is 12.1 Å². The van der Waals surface area contributed by atoms with Crippen LogP contribution in [-0.4, -0.2) is 53.4 Å². The minimum Gasteiger partial charge on any atom is -0.478 e. The van der Waals surface area contributed by atoms with E-state index in [9.17, 15) is 14.0 Å². The summed E-state index contributed by atoms with van der Waals surface area (Å²) in [4.78, 5) is 28.7. The molecule has 0 spiro atoms. The number of carbonyl (C=O) groups is 2. The molecule has 0 unspecified atom stereocenters. The fourth-order valence-corrected chi connectivity index (χ4v) is 3.35. The van der Waals surface area contributed by atoms with Crippen molar-refractivity contribution in [2.45, 2.75) is 19.4 Å². The van der Waals surface area contributed by atoms with Gasteiger partial charge in [-0.25, -0.2) is 4.39 Å². The number of ether oxygens (including phenoxy) is 1. The van der Waals surface area contributed by atoms with Crippen LogP contribution in [0.25, 0.3) is 0 Å². The molecule has 1 aliphatic rings. The van der Waals surface area contributed by atoms with Crippen LogP contribution in [-0.2, 0) is 4.79 Å². The second-order valence-corrected chi connectivity index (χ2v) is 7.57. The molecule has 0 aliphatic carbocycles. The second kappa shape index (κ2) is 8.19. The Balaban J connectivity index is 1.61. The summed E-state index contributed by atoms with van der Waals surface area (Å²) < 4.78 is 19.7. The van der Waals surface area contributed by atoms with Crippen molar-refractivity contribution in [3.63, 3.8) is 0 Å². The molecule has 7 heteroatoms. The van der Waals surface area contributed by atoms with E-state index in [-0.39, 0.29) is 17.4 Å². The first kappa shape index (κ1) is 20.1. The van der Waals surface area contributed by atoms with Crippen molar-refractivity contribution in [1.82, 2.24) is 9.80 Å². The normalized spacial score (nSPS) is 14.7. The standard InChI is InChI=1S/C21H22ClFN2O3/c1-21(2,28-16-7-5-6-15(22)14-16)20(27)25-12-10-24(11-13-25)19(26)17-8-3-4-9-18(17)23/h3-9,14H,10-13H2,1-2H3. The quantitative estimate of drug-likeness (QED) is 0.782. The van der Waals surface area contributed by atoms with Crippen molar-refractivity contribution in [1.29, 1.82) is 0 Å². The maximum Gasteiger partial charge on any atom is 0.266 e. The predicted octanol–water partition coefficient (Wildman–Crippen LogP) is 3.62. The molecule has 1 heterocycles. The average Bonchev–Trinajstić information content (AvgIpc) is 2.67. The minimum atomic E-state index is -1.08. The Kier molecular flexibility index (Phi) is 5.89. The largest absolute Gasteiger partial charge is 0.478 e. The summed E-state index contributed by atoms with van der Waals surface area (Å²) >= 11 is 5.97. The van der Waals surface area contributed by atoms with Crippen molar-refractivity contribution < 1.29 is 18.7 Å². The van der Waals surface area contributed by atoms with Gasteiger partial charge in [-0.15, -0.1) is 0 Å². The molecule has 0 bridgehead atoms. The molecule has 2 amide bonds. The lowest BCUT2D eigenvalue weighted by Gasteiger charge is -2.38. The lowest BCUT2D eigenvalue weighted by molar-refractivity contribution is -0.147. The molecule has 2 aromatic carbocycles. The lowest BCUT2D eigenvalue weighted by atomic mass is 10.1. The summed E-state index contributed by atoms with van der Waals surface area (Å²) in [5, 5.41) is 0.529. The molecule has 0 atom stereocenters. The summed E-state index contributed by atoms with van der Waals surface area (Å²) in [6.45, 7) is 4.81. The zero-order valence-corrected chi connectivity index (χ0v) is 16.6. The Labute approximate surface area is 168 Å². The van der Waals surface area contributed by atoms with Crippen molar-refractivity contribution >= 4 is 23.4 Å². The Morgan fingerprint density at radius 3 is 2.29 bits per heavy atom. The summed E-state index contributed by atoms with van der Waals surface area (Å²) in [7, 11) is 0. The lowest BCUT2D eigenvalue weighted by Crippen LogP contribution is -2.56. The van der Waals surface area contributed by atoms with Gasteiger partial charge in [0.15, 0.2) is 5.60 Å². The molecule has 0 saturated carbocycles. The second-order valence-electron chi connectivity index (χ2n) is 7.13. The zero-order chi connectivity index (χ0) is 20.3. The average molecular weight is 405 g/mol. The summed E-state index contributed by atoms with van der Waals surface area (Å²) in [6, 6.07) is 12.8. The van der Waals surface area contributed by atoms with E-state index in [2.05, 4.69) is 0 Å². The van der Waals surface area contributed by atoms with E-state index in [0.29, 0.717) is 37.0 Å². The smallest absolute Gasteiger partial charge is 0.266 e. The molecule has 148 valence electrons. The third-order valence-corrected chi connectivity index (χ3v) is 4.88. The summed E-state index contributed by atoms with van der Waals surface area (Å²) in [5.41, 5.74) is -1.03. The molecule has 2 aromatic rings. The first-order chi connectivity index (χ1) is 13.3. The third kappa shape index (κ3) is 4.44. The first-order valence-electron chi connectivity index (χ1n) is 9.06. The maximum atomic E-state index is 13.9. The van der Waals surface area contributed by atoms with Crippen LogP contribution >= 0.6 is 11.6 Å². The maximum absolute atomic E-state index is 13.9. The van der Waals surface area contributed by atoms with E-state index in [0.717, 1.165) is 0 Å². The Morgan fingerprint density at radius 2 is 1.64 bits per heavy atom. The fourth-order valence-electron chi connectivity index (χ4n) is 3.17. The molecule has 1 saturated heterocycles.